The summed E-state index contributed by atoms with van der Waals surface area (Å²) in [4.78, 5) is 26.2. The minimum absolute atomic E-state index is 0.273. The van der Waals surface area contributed by atoms with Crippen LogP contribution >= 0.6 is 0 Å². The Kier molecular flexibility index (Phi) is 3.79. The van der Waals surface area contributed by atoms with Crippen molar-refractivity contribution in [2.45, 2.75) is 13.3 Å². The molecule has 1 rings (SSSR count). The molecule has 74 valence electrons. The summed E-state index contributed by atoms with van der Waals surface area (Å²) < 4.78 is 4.70. The van der Waals surface area contributed by atoms with Crippen LogP contribution in [0.3, 0.4) is 0 Å². The fourth-order valence-corrected chi connectivity index (χ4v) is 0.881. The molecule has 0 aliphatic carbocycles. The monoisotopic (exact) mass is 193 g/mol. The summed E-state index contributed by atoms with van der Waals surface area (Å²) in [7, 11) is 0. The highest BCUT2D eigenvalue weighted by Crippen LogP contribution is 1.99. The number of nitrogens with zero attached hydrogens (tertiary/aromatic N) is 1. The van der Waals surface area contributed by atoms with E-state index in [2.05, 4.69) is 4.98 Å². The second-order valence-electron chi connectivity index (χ2n) is 2.70. The van der Waals surface area contributed by atoms with Crippen LogP contribution in [0, 0.1) is 0 Å². The van der Waals surface area contributed by atoms with Crippen molar-refractivity contribution in [3.05, 3.63) is 30.1 Å². The molecule has 0 fully saturated rings. The van der Waals surface area contributed by atoms with Gasteiger partial charge in [0.1, 0.15) is 0 Å². The molecule has 1 aromatic rings. The van der Waals surface area contributed by atoms with Crippen molar-refractivity contribution < 1.29 is 14.3 Å². The third-order valence-corrected chi connectivity index (χ3v) is 1.57. The average Bonchev–Trinajstić information content (AvgIpc) is 2.26. The Bertz CT molecular complexity index is 321. The topological polar surface area (TPSA) is 56.3 Å². The van der Waals surface area contributed by atoms with Gasteiger partial charge in [0.15, 0.2) is 0 Å². The molecule has 1 aromatic heterocycles. The van der Waals surface area contributed by atoms with Gasteiger partial charge >= 0.3 is 5.97 Å². The van der Waals surface area contributed by atoms with Crippen molar-refractivity contribution in [1.29, 1.82) is 0 Å². The van der Waals surface area contributed by atoms with E-state index in [4.69, 9.17) is 4.74 Å². The molecular formula is C10H11NO3. The number of Topliss-reactive ketones (excluding diaryl/α,β-unsaturated/α-hetero) is 1. The highest BCUT2D eigenvalue weighted by Gasteiger charge is 2.16. The molecule has 0 aromatic carbocycles. The van der Waals surface area contributed by atoms with E-state index in [0.717, 1.165) is 0 Å². The normalized spacial score (nSPS) is 9.50. The summed E-state index contributed by atoms with van der Waals surface area (Å²) in [5.41, 5.74) is 0.307. The number of pyridine rings is 1. The van der Waals surface area contributed by atoms with Gasteiger partial charge in [0.05, 0.1) is 6.61 Å². The zero-order valence-electron chi connectivity index (χ0n) is 7.90. The first kappa shape index (κ1) is 10.4. The standard InChI is InChI=1S/C10H11NO3/c1-2-7-14-10(13)9(12)8-3-5-11-6-4-8/h3-6H,2,7H2,1H3. The van der Waals surface area contributed by atoms with Gasteiger partial charge < -0.3 is 4.74 Å². The third-order valence-electron chi connectivity index (χ3n) is 1.57. The van der Waals surface area contributed by atoms with Crippen molar-refractivity contribution in [3.63, 3.8) is 0 Å². The summed E-state index contributed by atoms with van der Waals surface area (Å²) in [6.45, 7) is 2.14. The number of esters is 1. The molecule has 0 saturated carbocycles. The smallest absolute Gasteiger partial charge is 0.379 e. The lowest BCUT2D eigenvalue weighted by molar-refractivity contribution is -0.138. The Labute approximate surface area is 81.9 Å². The molecule has 0 amide bonds. The maximum Gasteiger partial charge on any atom is 0.379 e. The van der Waals surface area contributed by atoms with Gasteiger partial charge in [-0.05, 0) is 18.6 Å². The highest BCUT2D eigenvalue weighted by molar-refractivity contribution is 6.40. The van der Waals surface area contributed by atoms with Crippen molar-refractivity contribution >= 4 is 11.8 Å². The maximum absolute atomic E-state index is 11.3. The molecule has 1 heterocycles. The van der Waals surface area contributed by atoms with Gasteiger partial charge in [0, 0.05) is 18.0 Å². The van der Waals surface area contributed by atoms with Crippen LogP contribution in [0.2, 0.25) is 0 Å². The Hall–Kier alpha value is -1.71. The molecule has 0 saturated heterocycles. The molecule has 0 aliphatic heterocycles. The summed E-state index contributed by atoms with van der Waals surface area (Å²) in [5.74, 6) is -1.43. The van der Waals surface area contributed by atoms with Crippen LogP contribution in [0.5, 0.6) is 0 Å². The minimum atomic E-state index is -0.807. The van der Waals surface area contributed by atoms with Gasteiger partial charge in [-0.25, -0.2) is 4.79 Å². The predicted octanol–water partition coefficient (Wildman–Crippen LogP) is 1.22. The maximum atomic E-state index is 11.3. The SMILES string of the molecule is CCCOC(=O)C(=O)c1ccncc1. The molecule has 14 heavy (non-hydrogen) atoms. The first-order valence-corrected chi connectivity index (χ1v) is 4.37. The molecule has 4 heteroatoms. The van der Waals surface area contributed by atoms with Crippen LogP contribution in [0.1, 0.15) is 23.7 Å². The van der Waals surface area contributed by atoms with E-state index in [1.807, 2.05) is 6.92 Å². The number of hydrogen-bond donors (Lipinski definition) is 0. The first-order chi connectivity index (χ1) is 6.75. The Morgan fingerprint density at radius 1 is 1.36 bits per heavy atom. The molecule has 0 radical (unpaired) electrons. The largest absolute Gasteiger partial charge is 0.460 e. The second kappa shape index (κ2) is 5.11. The molecule has 0 N–H and O–H groups in total. The number of hydrogen-bond acceptors (Lipinski definition) is 4. The van der Waals surface area contributed by atoms with Crippen molar-refractivity contribution in [2.75, 3.05) is 6.61 Å². The lowest BCUT2D eigenvalue weighted by Gasteiger charge is -2.01. The van der Waals surface area contributed by atoms with Crippen LogP contribution in [-0.2, 0) is 9.53 Å². The van der Waals surface area contributed by atoms with E-state index in [-0.39, 0.29) is 6.61 Å². The Morgan fingerprint density at radius 3 is 2.57 bits per heavy atom. The van der Waals surface area contributed by atoms with Gasteiger partial charge in [0.2, 0.25) is 0 Å². The quantitative estimate of drug-likeness (QED) is 0.410. The Morgan fingerprint density at radius 2 is 2.00 bits per heavy atom. The van der Waals surface area contributed by atoms with E-state index in [1.165, 1.54) is 24.5 Å². The third kappa shape index (κ3) is 2.65. The summed E-state index contributed by atoms with van der Waals surface area (Å²) in [6.07, 6.45) is 3.62. The molecule has 0 aliphatic rings. The van der Waals surface area contributed by atoms with E-state index >= 15 is 0 Å². The zero-order valence-corrected chi connectivity index (χ0v) is 7.90. The van der Waals surface area contributed by atoms with Gasteiger partial charge in [-0.3, -0.25) is 9.78 Å². The molecule has 0 atom stereocenters. The average molecular weight is 193 g/mol. The fraction of sp³-hybridized carbons (Fsp3) is 0.300. The first-order valence-electron chi connectivity index (χ1n) is 4.37. The van der Waals surface area contributed by atoms with Gasteiger partial charge in [0.25, 0.3) is 5.78 Å². The van der Waals surface area contributed by atoms with Crippen LogP contribution in [0.25, 0.3) is 0 Å². The van der Waals surface area contributed by atoms with Crippen LogP contribution < -0.4 is 0 Å². The number of aromatic nitrogens is 1. The van der Waals surface area contributed by atoms with Crippen molar-refractivity contribution in [2.24, 2.45) is 0 Å². The molecule has 4 nitrogen and oxygen atoms in total. The van der Waals surface area contributed by atoms with Gasteiger partial charge in [-0.15, -0.1) is 0 Å². The van der Waals surface area contributed by atoms with Crippen LogP contribution in [0.4, 0.5) is 0 Å². The predicted molar refractivity (Wildman–Crippen MR) is 49.8 cm³/mol. The number of carbonyl (C=O) groups excluding carboxylic acids is 2. The summed E-state index contributed by atoms with van der Waals surface area (Å²) in [5, 5.41) is 0. The Balaban J connectivity index is 2.62. The van der Waals surface area contributed by atoms with Gasteiger partial charge in [-0.2, -0.15) is 0 Å². The minimum Gasteiger partial charge on any atom is -0.460 e. The van der Waals surface area contributed by atoms with E-state index < -0.39 is 11.8 Å². The second-order valence-corrected chi connectivity index (χ2v) is 2.70. The number of ether oxygens (including phenoxy) is 1. The van der Waals surface area contributed by atoms with E-state index in [9.17, 15) is 9.59 Å². The fourth-order valence-electron chi connectivity index (χ4n) is 0.881. The summed E-state index contributed by atoms with van der Waals surface area (Å²) in [6, 6.07) is 2.96. The zero-order chi connectivity index (χ0) is 10.4. The number of rotatable bonds is 4. The lowest BCUT2D eigenvalue weighted by Crippen LogP contribution is -2.17. The molecule has 0 unspecified atom stereocenters. The van der Waals surface area contributed by atoms with E-state index in [1.54, 1.807) is 0 Å². The van der Waals surface area contributed by atoms with E-state index in [0.29, 0.717) is 12.0 Å². The van der Waals surface area contributed by atoms with Crippen LogP contribution in [-0.4, -0.2) is 23.3 Å². The number of ketones is 1. The van der Waals surface area contributed by atoms with Crippen molar-refractivity contribution in [3.8, 4) is 0 Å². The summed E-state index contributed by atoms with van der Waals surface area (Å²) >= 11 is 0. The lowest BCUT2D eigenvalue weighted by atomic mass is 10.2. The van der Waals surface area contributed by atoms with Crippen molar-refractivity contribution in [1.82, 2.24) is 4.98 Å². The molecule has 0 spiro atoms. The molecule has 0 bridgehead atoms. The molecular weight excluding hydrogens is 182 g/mol. The number of carbonyl (C=O) groups is 2. The highest BCUT2D eigenvalue weighted by atomic mass is 16.5. The van der Waals surface area contributed by atoms with Crippen LogP contribution in [0.15, 0.2) is 24.5 Å². The van der Waals surface area contributed by atoms with Gasteiger partial charge in [-0.1, -0.05) is 6.92 Å².